The van der Waals surface area contributed by atoms with Crippen LogP contribution in [-0.2, 0) is 70.2 Å². The molecule has 1 aliphatic heterocycles. The number of piperidine rings is 1. The second kappa shape index (κ2) is 33.9. The smallest absolute Gasteiger partial charge is 0.330 e. The second-order valence-corrected chi connectivity index (χ2v) is 24.0. The quantitative estimate of drug-likeness (QED) is 0.0273. The van der Waals surface area contributed by atoms with Gasteiger partial charge in [0.15, 0.2) is 18.1 Å². The van der Waals surface area contributed by atoms with E-state index in [9.17, 15) is 43.2 Å². The van der Waals surface area contributed by atoms with Crippen molar-refractivity contribution in [3.05, 3.63) is 108 Å². The molecule has 6 amide bonds. The molecule has 1 saturated heterocycles. The molecule has 0 spiro atoms. The van der Waals surface area contributed by atoms with Crippen LogP contribution in [0.15, 0.2) is 91.5 Å². The fourth-order valence-electron chi connectivity index (χ4n) is 10.2. The number of hydrogen-bond acceptors (Lipinski definition) is 16. The summed E-state index contributed by atoms with van der Waals surface area (Å²) >= 11 is 0. The molecule has 1 aliphatic rings. The predicted octanol–water partition coefficient (Wildman–Crippen LogP) is 7.15. The molecule has 0 aliphatic carbocycles. The summed E-state index contributed by atoms with van der Waals surface area (Å²) in [5.74, 6) is -4.52. The van der Waals surface area contributed by atoms with Crippen LogP contribution in [-0.4, -0.2) is 184 Å². The molecule has 4 aromatic rings. The van der Waals surface area contributed by atoms with E-state index in [-0.39, 0.29) is 63.5 Å². The monoisotopic (exact) mass is 1250 g/mol. The van der Waals surface area contributed by atoms with E-state index in [1.54, 1.807) is 50.4 Å². The summed E-state index contributed by atoms with van der Waals surface area (Å²) in [6.45, 7) is 14.6. The van der Waals surface area contributed by atoms with Crippen LogP contribution in [0.1, 0.15) is 116 Å². The van der Waals surface area contributed by atoms with E-state index in [1.165, 1.54) is 68.9 Å². The van der Waals surface area contributed by atoms with Crippen molar-refractivity contribution in [3.8, 4) is 23.0 Å². The van der Waals surface area contributed by atoms with Gasteiger partial charge >= 0.3 is 11.9 Å². The Hall–Kier alpha value is -8.53. The molecular weight excluding hydrogens is 1160 g/mol. The zero-order valence-electron chi connectivity index (χ0n) is 54.6. The predicted molar refractivity (Wildman–Crippen MR) is 339 cm³/mol. The lowest BCUT2D eigenvalue weighted by molar-refractivity contribution is -0.165. The van der Waals surface area contributed by atoms with Gasteiger partial charge in [-0.2, -0.15) is 0 Å². The fourth-order valence-corrected chi connectivity index (χ4v) is 10.2. The van der Waals surface area contributed by atoms with Crippen LogP contribution in [0.5, 0.6) is 23.0 Å². The molecule has 0 radical (unpaired) electrons. The Kier molecular flexibility index (Phi) is 27.2. The number of carbonyl (C=O) groups excluding carboxylic acids is 9. The first-order valence-corrected chi connectivity index (χ1v) is 30.5. The van der Waals surface area contributed by atoms with Crippen LogP contribution in [0.25, 0.3) is 10.8 Å². The number of likely N-dealkylation sites (N-methyl/N-ethyl adjacent to an activating group) is 3. The highest BCUT2D eigenvalue weighted by molar-refractivity contribution is 6.38. The Balaban J connectivity index is 1.43. The minimum atomic E-state index is -1.43. The Morgan fingerprint density at radius 3 is 2.14 bits per heavy atom. The third kappa shape index (κ3) is 20.2. The average Bonchev–Trinajstić information content (AvgIpc) is 1.80. The molecule has 22 heteroatoms. The molecule has 1 fully saturated rings. The summed E-state index contributed by atoms with van der Waals surface area (Å²) in [4.78, 5) is 130. The molecule has 5 rings (SSSR count). The van der Waals surface area contributed by atoms with Gasteiger partial charge in [-0.3, -0.25) is 33.6 Å². The van der Waals surface area contributed by atoms with Crippen LogP contribution in [0.4, 0.5) is 0 Å². The first-order valence-electron chi connectivity index (χ1n) is 30.5. The normalized spacial score (nSPS) is 14.5. The van der Waals surface area contributed by atoms with E-state index in [2.05, 4.69) is 17.2 Å². The molecule has 1 heterocycles. The van der Waals surface area contributed by atoms with Crippen molar-refractivity contribution in [1.29, 1.82) is 0 Å². The number of rotatable bonds is 33. The number of amides is 6. The molecule has 490 valence electrons. The Morgan fingerprint density at radius 1 is 0.767 bits per heavy atom. The van der Waals surface area contributed by atoms with Gasteiger partial charge in [0, 0.05) is 58.4 Å². The van der Waals surface area contributed by atoms with Crippen molar-refractivity contribution >= 4 is 63.9 Å². The first kappa shape index (κ1) is 72.2. The summed E-state index contributed by atoms with van der Waals surface area (Å²) in [7, 11) is 9.06. The summed E-state index contributed by atoms with van der Waals surface area (Å²) < 4.78 is 40.7. The van der Waals surface area contributed by atoms with Crippen LogP contribution in [0.3, 0.4) is 0 Å². The minimum Gasteiger partial charge on any atom is -0.497 e. The first-order chi connectivity index (χ1) is 42.7. The number of Topliss-reactive ketones (excluding diaryl/α,β-unsaturated/α-hetero) is 1. The molecule has 4 aromatic carbocycles. The summed E-state index contributed by atoms with van der Waals surface area (Å²) in [6.07, 6.45) is 3.07. The van der Waals surface area contributed by atoms with Crippen molar-refractivity contribution in [2.75, 3.05) is 81.9 Å². The highest BCUT2D eigenvalue weighted by Gasteiger charge is 2.43. The van der Waals surface area contributed by atoms with Gasteiger partial charge < -0.3 is 63.4 Å². The Morgan fingerprint density at radius 2 is 1.49 bits per heavy atom. The largest absolute Gasteiger partial charge is 0.497 e. The molecule has 22 nitrogen and oxygen atoms in total. The highest BCUT2D eigenvalue weighted by atomic mass is 16.5. The third-order valence-electron chi connectivity index (χ3n) is 15.8. The number of nitrogens with one attached hydrogen (secondary N) is 2. The minimum absolute atomic E-state index is 0.00877. The summed E-state index contributed by atoms with van der Waals surface area (Å²) in [5.41, 5.74) is -0.304. The number of esters is 2. The maximum absolute atomic E-state index is 15.0. The number of fused-ring (bicyclic) bond motifs is 1. The van der Waals surface area contributed by atoms with Crippen molar-refractivity contribution in [1.82, 2.24) is 30.2 Å². The van der Waals surface area contributed by atoms with Gasteiger partial charge in [0.1, 0.15) is 48.4 Å². The number of ether oxygens (including phenoxy) is 7. The number of methoxy groups -OCH3 is 3. The van der Waals surface area contributed by atoms with E-state index >= 15 is 0 Å². The Labute approximate surface area is 529 Å². The number of hydrogen-bond donors (Lipinski definition) is 2. The van der Waals surface area contributed by atoms with Crippen molar-refractivity contribution in [2.45, 2.75) is 142 Å². The van der Waals surface area contributed by atoms with E-state index in [0.717, 1.165) is 16.8 Å². The van der Waals surface area contributed by atoms with E-state index in [4.69, 9.17) is 33.2 Å². The van der Waals surface area contributed by atoms with Crippen molar-refractivity contribution in [3.63, 3.8) is 0 Å². The number of benzene rings is 4. The molecule has 0 aromatic heterocycles. The van der Waals surface area contributed by atoms with Crippen LogP contribution in [0.2, 0.25) is 0 Å². The van der Waals surface area contributed by atoms with E-state index in [1.807, 2.05) is 70.2 Å². The number of unbranched alkanes of at least 4 members (excludes halogenated alkanes) is 1. The van der Waals surface area contributed by atoms with Gasteiger partial charge in [-0.1, -0.05) is 80.9 Å². The van der Waals surface area contributed by atoms with Gasteiger partial charge in [0.2, 0.25) is 29.4 Å². The van der Waals surface area contributed by atoms with E-state index < -0.39 is 102 Å². The maximum atomic E-state index is 15.0. The highest BCUT2D eigenvalue weighted by Crippen LogP contribution is 2.38. The van der Waals surface area contributed by atoms with Crippen LogP contribution >= 0.6 is 0 Å². The van der Waals surface area contributed by atoms with Gasteiger partial charge in [-0.25, -0.2) is 9.59 Å². The number of carbonyl (C=O) groups is 9. The zero-order chi connectivity index (χ0) is 66.5. The number of aryl methyl sites for hydroxylation is 1. The third-order valence-corrected chi connectivity index (χ3v) is 15.8. The van der Waals surface area contributed by atoms with Gasteiger partial charge in [0.25, 0.3) is 11.8 Å². The van der Waals surface area contributed by atoms with Gasteiger partial charge in [0.05, 0.1) is 45.5 Å². The summed E-state index contributed by atoms with van der Waals surface area (Å²) in [5, 5.41) is 7.51. The molecule has 0 unspecified atom stereocenters. The molecule has 0 bridgehead atoms. The van der Waals surface area contributed by atoms with E-state index in [0.29, 0.717) is 66.2 Å². The number of ketones is 1. The van der Waals surface area contributed by atoms with Crippen LogP contribution < -0.4 is 29.6 Å². The lowest BCUT2D eigenvalue weighted by atomic mass is 9.87. The van der Waals surface area contributed by atoms with Crippen LogP contribution in [0, 0.1) is 5.41 Å². The topological polar surface area (TPSA) is 255 Å². The average molecular weight is 1250 g/mol. The molecule has 90 heavy (non-hydrogen) atoms. The van der Waals surface area contributed by atoms with Gasteiger partial charge in [-0.15, -0.1) is 0 Å². The standard InChI is InChI=1S/C68H92N6O16/c1-15-18-28-52(63(80)70-51(36-44-30-31-45-24-19-20-25-46(45)35-44)64(81)73(11)54(41-89-67(4,5)6)62(79)69-40-57(75)71(9)17-3)72(10)58(76)42-87-49-27-23-26-47(37-49)55(33-32-48-38-50(84-12)39-56(85-13)60(48)86-14)90-66(83)53-29-21-22-34-74(53)65(82)61(78)68(7,8)43-88-59(77)16-2/h16,19-20,23-27,30-31,35,37-39,51-55H,2,15,17-18,21-22,28-29,32-34,36,40-43H2,1,3-14H3,(H,69,79)(H,70,80)/t51-,52-,53-,54-,55+/m0/s1. The van der Waals surface area contributed by atoms with Crippen molar-refractivity contribution in [2.24, 2.45) is 5.41 Å². The van der Waals surface area contributed by atoms with Crippen molar-refractivity contribution < 1.29 is 76.3 Å². The molecular formula is C68H92N6O16. The molecule has 2 N–H and O–H groups in total. The second-order valence-electron chi connectivity index (χ2n) is 24.0. The Bertz CT molecular complexity index is 3180. The molecule has 5 atom stereocenters. The number of nitrogens with zero attached hydrogens (tertiary/aromatic N) is 4. The molecule has 0 saturated carbocycles. The fraction of sp³-hybridized carbons (Fsp3) is 0.515. The zero-order valence-corrected chi connectivity index (χ0v) is 54.6. The number of likely N-dealkylation sites (tertiary alicyclic amines) is 1. The lowest BCUT2D eigenvalue weighted by Crippen LogP contribution is -2.59. The lowest BCUT2D eigenvalue weighted by Gasteiger charge is -2.36. The summed E-state index contributed by atoms with van der Waals surface area (Å²) in [6, 6.07) is 18.8. The van der Waals surface area contributed by atoms with Gasteiger partial charge in [-0.05, 0) is 120 Å². The SMILES string of the molecule is C=CC(=O)OCC(C)(C)C(=O)C(=O)N1CCCC[C@H]1C(=O)O[C@H](CCc1cc(OC)cc(OC)c1OC)c1cccc(OCC(=O)N(C)[C@@H](CCCC)C(=O)N[C@@H](Cc2ccc3ccccc3c2)C(=O)N(C)[C@@H](COC(C)(C)C)C(=O)NCC(=O)N(C)CC)c1. The maximum Gasteiger partial charge on any atom is 0.330 e.